The summed E-state index contributed by atoms with van der Waals surface area (Å²) in [6.45, 7) is 0.379. The van der Waals surface area contributed by atoms with E-state index in [9.17, 15) is 4.79 Å². The summed E-state index contributed by atoms with van der Waals surface area (Å²) in [6.07, 6.45) is 0. The van der Waals surface area contributed by atoms with Gasteiger partial charge in [0.15, 0.2) is 11.5 Å². The van der Waals surface area contributed by atoms with Gasteiger partial charge in [0.2, 0.25) is 0 Å². The van der Waals surface area contributed by atoms with Gasteiger partial charge in [-0.05, 0) is 56.0 Å². The molecule has 0 spiro atoms. The molecule has 0 fully saturated rings. The SMILES string of the molecule is COc1cc(C(=O)Cl)cc(Br)c1OCc1cccc2ccccc12. The lowest BCUT2D eigenvalue weighted by Gasteiger charge is -2.14. The van der Waals surface area contributed by atoms with Gasteiger partial charge in [-0.3, -0.25) is 4.79 Å². The molecule has 0 radical (unpaired) electrons. The Balaban J connectivity index is 1.92. The molecule has 0 atom stereocenters. The van der Waals surface area contributed by atoms with E-state index in [1.54, 1.807) is 12.1 Å². The summed E-state index contributed by atoms with van der Waals surface area (Å²) in [6, 6.07) is 17.4. The van der Waals surface area contributed by atoms with Crippen molar-refractivity contribution in [1.29, 1.82) is 0 Å². The van der Waals surface area contributed by atoms with Crippen LogP contribution < -0.4 is 9.47 Å². The predicted octanol–water partition coefficient (Wildman–Crippen LogP) is 5.57. The molecule has 5 heteroatoms. The van der Waals surface area contributed by atoms with Crippen molar-refractivity contribution in [3.05, 3.63) is 70.2 Å². The van der Waals surface area contributed by atoms with Crippen molar-refractivity contribution < 1.29 is 14.3 Å². The monoisotopic (exact) mass is 404 g/mol. The van der Waals surface area contributed by atoms with Crippen molar-refractivity contribution in [2.24, 2.45) is 0 Å². The van der Waals surface area contributed by atoms with Crippen LogP contribution in [-0.2, 0) is 6.61 Å². The van der Waals surface area contributed by atoms with Crippen LogP contribution in [0.15, 0.2) is 59.1 Å². The molecule has 3 aromatic rings. The molecule has 122 valence electrons. The molecule has 0 amide bonds. The van der Waals surface area contributed by atoms with Crippen LogP contribution in [0, 0.1) is 0 Å². The Morgan fingerprint density at radius 1 is 1.12 bits per heavy atom. The van der Waals surface area contributed by atoms with Gasteiger partial charge in [0, 0.05) is 5.56 Å². The molecule has 0 saturated heterocycles. The Morgan fingerprint density at radius 3 is 2.62 bits per heavy atom. The third kappa shape index (κ3) is 3.40. The van der Waals surface area contributed by atoms with Gasteiger partial charge in [-0.15, -0.1) is 0 Å². The molecule has 0 aliphatic rings. The molecule has 3 nitrogen and oxygen atoms in total. The number of hydrogen-bond donors (Lipinski definition) is 0. The van der Waals surface area contributed by atoms with Crippen LogP contribution in [0.25, 0.3) is 10.8 Å². The highest BCUT2D eigenvalue weighted by atomic mass is 79.9. The van der Waals surface area contributed by atoms with Crippen molar-refractivity contribution in [3.63, 3.8) is 0 Å². The second kappa shape index (κ2) is 7.24. The summed E-state index contributed by atoms with van der Waals surface area (Å²) in [4.78, 5) is 11.4. The summed E-state index contributed by atoms with van der Waals surface area (Å²) in [5.74, 6) is 0.987. The number of halogens is 2. The molecule has 0 unspecified atom stereocenters. The fourth-order valence-corrected chi connectivity index (χ4v) is 3.21. The van der Waals surface area contributed by atoms with Crippen molar-refractivity contribution >= 4 is 43.5 Å². The van der Waals surface area contributed by atoms with E-state index in [-0.39, 0.29) is 0 Å². The van der Waals surface area contributed by atoms with Crippen LogP contribution in [0.1, 0.15) is 15.9 Å². The topological polar surface area (TPSA) is 35.5 Å². The average Bonchev–Trinajstić information content (AvgIpc) is 2.60. The zero-order valence-electron chi connectivity index (χ0n) is 12.9. The molecule has 3 rings (SSSR count). The summed E-state index contributed by atoms with van der Waals surface area (Å²) >= 11 is 8.95. The number of methoxy groups -OCH3 is 1. The lowest BCUT2D eigenvalue weighted by atomic mass is 10.1. The highest BCUT2D eigenvalue weighted by Crippen LogP contribution is 2.37. The lowest BCUT2D eigenvalue weighted by molar-refractivity contribution is 0.108. The molecule has 0 aliphatic carbocycles. The minimum Gasteiger partial charge on any atom is -0.493 e. The number of carbonyl (C=O) groups excluding carboxylic acids is 1. The summed E-state index contributed by atoms with van der Waals surface area (Å²) < 4.78 is 11.9. The van der Waals surface area contributed by atoms with Gasteiger partial charge >= 0.3 is 0 Å². The Bertz CT molecular complexity index is 903. The van der Waals surface area contributed by atoms with E-state index in [2.05, 4.69) is 34.1 Å². The smallest absolute Gasteiger partial charge is 0.252 e. The standard InChI is InChI=1S/C19H14BrClO3/c1-23-17-10-14(19(21)22)9-16(20)18(17)24-11-13-7-4-6-12-5-2-3-8-15(12)13/h2-10H,11H2,1H3. The largest absolute Gasteiger partial charge is 0.493 e. The van der Waals surface area contributed by atoms with Gasteiger partial charge in [-0.2, -0.15) is 0 Å². The van der Waals surface area contributed by atoms with Gasteiger partial charge in [0.1, 0.15) is 6.61 Å². The van der Waals surface area contributed by atoms with E-state index in [4.69, 9.17) is 21.1 Å². The first-order valence-corrected chi connectivity index (χ1v) is 8.44. The maximum atomic E-state index is 11.4. The summed E-state index contributed by atoms with van der Waals surface area (Å²) in [5.41, 5.74) is 1.41. The van der Waals surface area contributed by atoms with E-state index in [1.165, 1.54) is 7.11 Å². The van der Waals surface area contributed by atoms with Gasteiger partial charge in [0.25, 0.3) is 5.24 Å². The molecule has 0 N–H and O–H groups in total. The van der Waals surface area contributed by atoms with Gasteiger partial charge in [-0.1, -0.05) is 42.5 Å². The number of benzene rings is 3. The Kier molecular flexibility index (Phi) is 5.07. The maximum Gasteiger partial charge on any atom is 0.252 e. The van der Waals surface area contributed by atoms with Crippen LogP contribution in [0.4, 0.5) is 0 Å². The highest BCUT2D eigenvalue weighted by Gasteiger charge is 2.15. The number of ether oxygens (including phenoxy) is 2. The van der Waals surface area contributed by atoms with Crippen molar-refractivity contribution in [2.45, 2.75) is 6.61 Å². The quantitative estimate of drug-likeness (QED) is 0.521. The van der Waals surface area contributed by atoms with Gasteiger partial charge < -0.3 is 9.47 Å². The van der Waals surface area contributed by atoms with E-state index in [1.807, 2.05) is 24.3 Å². The van der Waals surface area contributed by atoms with Crippen LogP contribution >= 0.6 is 27.5 Å². The fraction of sp³-hybridized carbons (Fsp3) is 0.105. The Labute approximate surface area is 153 Å². The molecular weight excluding hydrogens is 392 g/mol. The van der Waals surface area contributed by atoms with E-state index in [0.717, 1.165) is 16.3 Å². The minimum atomic E-state index is -0.547. The highest BCUT2D eigenvalue weighted by molar-refractivity contribution is 9.10. The van der Waals surface area contributed by atoms with E-state index in [0.29, 0.717) is 28.1 Å². The number of fused-ring (bicyclic) bond motifs is 1. The van der Waals surface area contributed by atoms with Crippen molar-refractivity contribution in [2.75, 3.05) is 7.11 Å². The summed E-state index contributed by atoms with van der Waals surface area (Å²) in [5, 5.41) is 1.75. The van der Waals surface area contributed by atoms with E-state index < -0.39 is 5.24 Å². The van der Waals surface area contributed by atoms with Crippen LogP contribution in [0.2, 0.25) is 0 Å². The first-order valence-electron chi connectivity index (χ1n) is 7.27. The molecule has 0 aliphatic heterocycles. The number of hydrogen-bond acceptors (Lipinski definition) is 3. The molecule has 3 aromatic carbocycles. The van der Waals surface area contributed by atoms with Gasteiger partial charge in [-0.25, -0.2) is 0 Å². The maximum absolute atomic E-state index is 11.4. The molecule has 0 heterocycles. The molecule has 0 saturated carbocycles. The third-order valence-corrected chi connectivity index (χ3v) is 4.52. The molecule has 0 bridgehead atoms. The second-order valence-corrected chi connectivity index (χ2v) is 6.39. The number of carbonyl (C=O) groups is 1. The predicted molar refractivity (Wildman–Crippen MR) is 99.2 cm³/mol. The van der Waals surface area contributed by atoms with Crippen molar-refractivity contribution in [3.8, 4) is 11.5 Å². The van der Waals surface area contributed by atoms with Crippen LogP contribution in [-0.4, -0.2) is 12.4 Å². The van der Waals surface area contributed by atoms with E-state index >= 15 is 0 Å². The number of rotatable bonds is 5. The minimum absolute atomic E-state index is 0.345. The van der Waals surface area contributed by atoms with Crippen molar-refractivity contribution in [1.82, 2.24) is 0 Å². The lowest BCUT2D eigenvalue weighted by Crippen LogP contribution is -2.01. The molecule has 0 aromatic heterocycles. The summed E-state index contributed by atoms with van der Waals surface area (Å²) in [7, 11) is 1.52. The Morgan fingerprint density at radius 2 is 1.88 bits per heavy atom. The fourth-order valence-electron chi connectivity index (χ4n) is 2.54. The zero-order chi connectivity index (χ0) is 17.1. The Hall–Kier alpha value is -2.04. The zero-order valence-corrected chi connectivity index (χ0v) is 15.2. The van der Waals surface area contributed by atoms with Gasteiger partial charge in [0.05, 0.1) is 11.6 Å². The van der Waals surface area contributed by atoms with Crippen LogP contribution in [0.5, 0.6) is 11.5 Å². The molecular formula is C19H14BrClO3. The first-order chi connectivity index (χ1) is 11.6. The third-order valence-electron chi connectivity index (χ3n) is 3.71. The molecule has 24 heavy (non-hydrogen) atoms. The first kappa shape index (κ1) is 16.8. The van der Waals surface area contributed by atoms with Crippen LogP contribution in [0.3, 0.4) is 0 Å². The normalized spacial score (nSPS) is 10.6. The average molecular weight is 406 g/mol. The second-order valence-electron chi connectivity index (χ2n) is 5.19.